The number of hydrogen-bond acceptors (Lipinski definition) is 5. The Morgan fingerprint density at radius 2 is 1.93 bits per heavy atom. The zero-order chi connectivity index (χ0) is 18.9. The highest BCUT2D eigenvalue weighted by atomic mass is 32.2. The molecule has 2 aromatic carbocycles. The second-order valence-electron chi connectivity index (χ2n) is 7.03. The first kappa shape index (κ1) is 18.1. The molecule has 0 aliphatic carbocycles. The maximum absolute atomic E-state index is 12.7. The molecule has 2 saturated heterocycles. The monoisotopic (exact) mass is 383 g/mol. The lowest BCUT2D eigenvalue weighted by Crippen LogP contribution is -2.43. The molecule has 7 heteroatoms. The molecule has 0 unspecified atom stereocenters. The van der Waals surface area contributed by atoms with Crippen LogP contribution in [0.4, 0.5) is 0 Å². The number of fused-ring (bicyclic) bond motifs is 1. The molecule has 0 bridgehead atoms. The van der Waals surface area contributed by atoms with Crippen LogP contribution in [0.2, 0.25) is 0 Å². The number of nitrogens with one attached hydrogen (secondary N) is 1. The number of hydrogen-bond donors (Lipinski definition) is 1. The molecule has 140 valence electrons. The molecule has 2 aromatic rings. The second-order valence-corrected chi connectivity index (χ2v) is 8.75. The molecule has 6 nitrogen and oxygen atoms in total. The summed E-state index contributed by atoms with van der Waals surface area (Å²) in [5, 5.41) is 8.99. The van der Waals surface area contributed by atoms with Gasteiger partial charge >= 0.3 is 0 Å². The van der Waals surface area contributed by atoms with Gasteiger partial charge in [-0.15, -0.1) is 0 Å². The smallest absolute Gasteiger partial charge is 0.240 e. The molecule has 0 aromatic heterocycles. The maximum atomic E-state index is 12.7. The molecular weight excluding hydrogens is 362 g/mol. The number of benzene rings is 2. The van der Waals surface area contributed by atoms with E-state index in [1.165, 1.54) is 12.1 Å². The topological polar surface area (TPSA) is 82.4 Å². The van der Waals surface area contributed by atoms with E-state index < -0.39 is 10.0 Å². The molecule has 2 heterocycles. The quantitative estimate of drug-likeness (QED) is 0.874. The number of nitrogens with zero attached hydrogens (tertiary/aromatic N) is 2. The van der Waals surface area contributed by atoms with Gasteiger partial charge in [-0.25, -0.2) is 13.1 Å². The summed E-state index contributed by atoms with van der Waals surface area (Å²) >= 11 is 0. The van der Waals surface area contributed by atoms with Crippen molar-refractivity contribution < 1.29 is 13.2 Å². The predicted molar refractivity (Wildman–Crippen MR) is 100 cm³/mol. The Labute approximate surface area is 159 Å². The number of ether oxygens (including phenoxy) is 1. The van der Waals surface area contributed by atoms with Gasteiger partial charge in [-0.05, 0) is 30.2 Å². The van der Waals surface area contributed by atoms with E-state index >= 15 is 0 Å². The molecule has 3 atom stereocenters. The summed E-state index contributed by atoms with van der Waals surface area (Å²) in [5.41, 5.74) is 1.48. The first-order valence-electron chi connectivity index (χ1n) is 8.98. The van der Waals surface area contributed by atoms with Crippen LogP contribution in [-0.4, -0.2) is 45.1 Å². The van der Waals surface area contributed by atoms with Gasteiger partial charge in [0.05, 0.1) is 29.2 Å². The summed E-state index contributed by atoms with van der Waals surface area (Å²) in [5.74, 6) is 0. The van der Waals surface area contributed by atoms with E-state index in [0.29, 0.717) is 18.7 Å². The summed E-state index contributed by atoms with van der Waals surface area (Å²) in [4.78, 5) is 2.44. The summed E-state index contributed by atoms with van der Waals surface area (Å²) < 4.78 is 34.2. The molecule has 4 rings (SSSR count). The fraction of sp³-hybridized carbons (Fsp3) is 0.350. The van der Waals surface area contributed by atoms with Crippen molar-refractivity contribution in [2.75, 3.05) is 19.7 Å². The second kappa shape index (κ2) is 7.41. The minimum Gasteiger partial charge on any atom is -0.371 e. The van der Waals surface area contributed by atoms with Crippen LogP contribution in [0.3, 0.4) is 0 Å². The maximum Gasteiger partial charge on any atom is 0.240 e. The van der Waals surface area contributed by atoms with Gasteiger partial charge in [0.2, 0.25) is 10.0 Å². The number of rotatable bonds is 4. The van der Waals surface area contributed by atoms with Gasteiger partial charge in [-0.1, -0.05) is 36.4 Å². The van der Waals surface area contributed by atoms with Crippen molar-refractivity contribution in [1.82, 2.24) is 9.62 Å². The van der Waals surface area contributed by atoms with Crippen molar-refractivity contribution in [3.63, 3.8) is 0 Å². The molecular formula is C20H21N3O3S. The van der Waals surface area contributed by atoms with Gasteiger partial charge in [0.15, 0.2) is 0 Å². The summed E-state index contributed by atoms with van der Waals surface area (Å²) in [6.07, 6.45) is 0.740. The van der Waals surface area contributed by atoms with Gasteiger partial charge in [0, 0.05) is 25.2 Å². The zero-order valence-electron chi connectivity index (χ0n) is 14.8. The standard InChI is InChI=1S/C20H21N3O3S/c21-11-15-5-4-8-19(9-15)27(24,25)22-17-10-18-14-26-20(13-23(18)12-17)16-6-2-1-3-7-16/h1-9,17-18,20,22H,10,12-14H2/t17-,18-,20+/m0/s1. The molecule has 1 N–H and O–H groups in total. The Morgan fingerprint density at radius 1 is 1.11 bits per heavy atom. The van der Waals surface area contributed by atoms with E-state index in [1.54, 1.807) is 12.1 Å². The largest absolute Gasteiger partial charge is 0.371 e. The van der Waals surface area contributed by atoms with Crippen molar-refractivity contribution in [1.29, 1.82) is 5.26 Å². The Balaban J connectivity index is 1.43. The van der Waals surface area contributed by atoms with Crippen LogP contribution in [0.1, 0.15) is 23.7 Å². The van der Waals surface area contributed by atoms with Gasteiger partial charge in [0.1, 0.15) is 0 Å². The molecule has 27 heavy (non-hydrogen) atoms. The normalized spacial score (nSPS) is 25.7. The molecule has 0 saturated carbocycles. The third-order valence-electron chi connectivity index (χ3n) is 5.18. The fourth-order valence-electron chi connectivity index (χ4n) is 3.85. The van der Waals surface area contributed by atoms with Crippen molar-refractivity contribution >= 4 is 10.0 Å². The number of sulfonamides is 1. The highest BCUT2D eigenvalue weighted by Crippen LogP contribution is 2.30. The van der Waals surface area contributed by atoms with Crippen LogP contribution in [0.25, 0.3) is 0 Å². The average Bonchev–Trinajstić information content (AvgIpc) is 3.09. The third-order valence-corrected chi connectivity index (χ3v) is 6.70. The van der Waals surface area contributed by atoms with Crippen LogP contribution >= 0.6 is 0 Å². The highest BCUT2D eigenvalue weighted by molar-refractivity contribution is 7.89. The minimum absolute atomic E-state index is 0.0186. The Bertz CT molecular complexity index is 956. The fourth-order valence-corrected chi connectivity index (χ4v) is 5.13. The Kier molecular flexibility index (Phi) is 4.98. The summed E-state index contributed by atoms with van der Waals surface area (Å²) in [6.45, 7) is 2.02. The van der Waals surface area contributed by atoms with Crippen molar-refractivity contribution in [3.05, 3.63) is 65.7 Å². The zero-order valence-corrected chi connectivity index (χ0v) is 15.6. The number of nitriles is 1. The minimum atomic E-state index is -3.65. The van der Waals surface area contributed by atoms with Crippen molar-refractivity contribution in [2.45, 2.75) is 29.5 Å². The van der Waals surface area contributed by atoms with E-state index in [1.807, 2.05) is 24.3 Å². The van der Waals surface area contributed by atoms with E-state index in [4.69, 9.17) is 10.00 Å². The van der Waals surface area contributed by atoms with Gasteiger partial charge in [-0.2, -0.15) is 5.26 Å². The van der Waals surface area contributed by atoms with Crippen molar-refractivity contribution in [3.8, 4) is 6.07 Å². The third kappa shape index (κ3) is 3.89. The van der Waals surface area contributed by atoms with Crippen LogP contribution in [0, 0.1) is 11.3 Å². The predicted octanol–water partition coefficient (Wildman–Crippen LogP) is 2.05. The van der Waals surface area contributed by atoms with Gasteiger partial charge in [0.25, 0.3) is 0 Å². The molecule has 0 radical (unpaired) electrons. The average molecular weight is 383 g/mol. The highest BCUT2D eigenvalue weighted by Gasteiger charge is 2.39. The molecule has 2 aliphatic heterocycles. The summed E-state index contributed by atoms with van der Waals surface area (Å²) in [7, 11) is -3.65. The first-order valence-corrected chi connectivity index (χ1v) is 10.5. The van der Waals surface area contributed by atoms with Gasteiger partial charge in [-0.3, -0.25) is 4.90 Å². The van der Waals surface area contributed by atoms with Crippen LogP contribution in [0.5, 0.6) is 0 Å². The molecule has 2 fully saturated rings. The lowest BCUT2D eigenvalue weighted by molar-refractivity contribution is -0.0502. The lowest BCUT2D eigenvalue weighted by Gasteiger charge is -2.35. The lowest BCUT2D eigenvalue weighted by atomic mass is 10.1. The van der Waals surface area contributed by atoms with E-state index in [9.17, 15) is 8.42 Å². The first-order chi connectivity index (χ1) is 13.0. The van der Waals surface area contributed by atoms with E-state index in [0.717, 1.165) is 18.5 Å². The molecule has 0 spiro atoms. The Morgan fingerprint density at radius 3 is 2.70 bits per heavy atom. The summed E-state index contributed by atoms with van der Waals surface area (Å²) in [6, 6.07) is 18.2. The van der Waals surface area contributed by atoms with Crippen molar-refractivity contribution in [2.24, 2.45) is 0 Å². The number of morpholine rings is 1. The SMILES string of the molecule is N#Cc1cccc(S(=O)(=O)N[C@H]2C[C@H]3CO[C@@H](c4ccccc4)CN3C2)c1. The van der Waals surface area contributed by atoms with Crippen LogP contribution < -0.4 is 4.72 Å². The van der Waals surface area contributed by atoms with E-state index in [2.05, 4.69) is 21.8 Å². The van der Waals surface area contributed by atoms with Crippen LogP contribution in [-0.2, 0) is 14.8 Å². The van der Waals surface area contributed by atoms with E-state index in [-0.39, 0.29) is 23.1 Å². The Hall–Kier alpha value is -2.24. The van der Waals surface area contributed by atoms with Gasteiger partial charge < -0.3 is 4.74 Å². The molecule has 2 aliphatic rings. The van der Waals surface area contributed by atoms with Crippen LogP contribution in [0.15, 0.2) is 59.5 Å². The molecule has 0 amide bonds.